The van der Waals surface area contributed by atoms with Gasteiger partial charge in [0.15, 0.2) is 5.65 Å². The number of rotatable bonds is 4. The molecule has 0 radical (unpaired) electrons. The summed E-state index contributed by atoms with van der Waals surface area (Å²) in [5.41, 5.74) is 6.77. The number of pyridine rings is 1. The van der Waals surface area contributed by atoms with Gasteiger partial charge in [0.05, 0.1) is 0 Å². The predicted octanol–water partition coefficient (Wildman–Crippen LogP) is 1.12. The van der Waals surface area contributed by atoms with E-state index in [4.69, 9.17) is 5.73 Å². The van der Waals surface area contributed by atoms with Crippen molar-refractivity contribution in [2.75, 3.05) is 11.9 Å². The predicted molar refractivity (Wildman–Crippen MR) is 64.3 cm³/mol. The van der Waals surface area contributed by atoms with Gasteiger partial charge in [0.25, 0.3) is 0 Å². The van der Waals surface area contributed by atoms with Gasteiger partial charge in [-0.05, 0) is 18.1 Å². The molecule has 0 spiro atoms. The molecule has 0 saturated carbocycles. The molecule has 0 aromatic carbocycles. The summed E-state index contributed by atoms with van der Waals surface area (Å²) in [7, 11) is 0. The minimum Gasteiger partial charge on any atom is -0.351 e. The van der Waals surface area contributed by atoms with Crippen LogP contribution in [0.15, 0.2) is 24.4 Å². The van der Waals surface area contributed by atoms with Crippen LogP contribution in [-0.2, 0) is 0 Å². The number of aromatic nitrogens is 3. The fourth-order valence-electron chi connectivity index (χ4n) is 1.35. The van der Waals surface area contributed by atoms with Crippen molar-refractivity contribution in [2.24, 2.45) is 11.7 Å². The molecule has 5 heteroatoms. The van der Waals surface area contributed by atoms with Gasteiger partial charge in [0.1, 0.15) is 0 Å². The SMILES string of the molecule is CC(C)C(N)CNc1nc2ccccn2n1. The molecular formula is C11H17N5. The smallest absolute Gasteiger partial charge is 0.243 e. The Morgan fingerprint density at radius 2 is 2.25 bits per heavy atom. The highest BCUT2D eigenvalue weighted by atomic mass is 15.3. The van der Waals surface area contributed by atoms with Crippen LogP contribution in [0.25, 0.3) is 5.65 Å². The lowest BCUT2D eigenvalue weighted by Gasteiger charge is -2.14. The van der Waals surface area contributed by atoms with Crippen molar-refractivity contribution >= 4 is 11.6 Å². The molecule has 0 bridgehead atoms. The second-order valence-electron chi connectivity index (χ2n) is 4.23. The molecule has 0 aliphatic rings. The molecule has 5 nitrogen and oxygen atoms in total. The lowest BCUT2D eigenvalue weighted by atomic mass is 10.1. The molecule has 0 saturated heterocycles. The summed E-state index contributed by atoms with van der Waals surface area (Å²) in [6.07, 6.45) is 1.87. The number of anilines is 1. The van der Waals surface area contributed by atoms with E-state index in [1.807, 2.05) is 24.4 Å². The summed E-state index contributed by atoms with van der Waals surface area (Å²) < 4.78 is 1.74. The van der Waals surface area contributed by atoms with E-state index in [0.717, 1.165) is 5.65 Å². The van der Waals surface area contributed by atoms with Crippen LogP contribution in [0.3, 0.4) is 0 Å². The van der Waals surface area contributed by atoms with E-state index in [9.17, 15) is 0 Å². The van der Waals surface area contributed by atoms with Crippen molar-refractivity contribution in [1.82, 2.24) is 14.6 Å². The summed E-state index contributed by atoms with van der Waals surface area (Å²) in [5.74, 6) is 1.08. The Hall–Kier alpha value is -1.62. The van der Waals surface area contributed by atoms with Gasteiger partial charge in [-0.2, -0.15) is 4.98 Å². The number of nitrogens with two attached hydrogens (primary N) is 1. The van der Waals surface area contributed by atoms with E-state index in [1.54, 1.807) is 4.52 Å². The van der Waals surface area contributed by atoms with E-state index >= 15 is 0 Å². The molecule has 1 atom stereocenters. The number of fused-ring (bicyclic) bond motifs is 1. The van der Waals surface area contributed by atoms with Crippen molar-refractivity contribution in [1.29, 1.82) is 0 Å². The Bertz CT molecular complexity index is 429. The van der Waals surface area contributed by atoms with Crippen molar-refractivity contribution in [3.8, 4) is 0 Å². The highest BCUT2D eigenvalue weighted by molar-refractivity contribution is 5.42. The van der Waals surface area contributed by atoms with Crippen LogP contribution in [0.5, 0.6) is 0 Å². The first-order chi connectivity index (χ1) is 7.66. The zero-order valence-corrected chi connectivity index (χ0v) is 9.59. The van der Waals surface area contributed by atoms with Crippen LogP contribution < -0.4 is 11.1 Å². The Morgan fingerprint density at radius 1 is 1.44 bits per heavy atom. The molecule has 1 unspecified atom stereocenters. The van der Waals surface area contributed by atoms with Crippen molar-refractivity contribution in [2.45, 2.75) is 19.9 Å². The summed E-state index contributed by atoms with van der Waals surface area (Å²) >= 11 is 0. The molecule has 0 aliphatic heterocycles. The summed E-state index contributed by atoms with van der Waals surface area (Å²) in [4.78, 5) is 4.33. The number of nitrogens with one attached hydrogen (secondary N) is 1. The van der Waals surface area contributed by atoms with Gasteiger partial charge in [-0.1, -0.05) is 19.9 Å². The van der Waals surface area contributed by atoms with E-state index in [1.165, 1.54) is 0 Å². The summed E-state index contributed by atoms with van der Waals surface area (Å²) in [6.45, 7) is 4.89. The zero-order chi connectivity index (χ0) is 11.5. The quantitative estimate of drug-likeness (QED) is 0.808. The van der Waals surface area contributed by atoms with Gasteiger partial charge in [-0.25, -0.2) is 4.52 Å². The van der Waals surface area contributed by atoms with E-state index in [0.29, 0.717) is 18.4 Å². The first-order valence-corrected chi connectivity index (χ1v) is 5.47. The fourth-order valence-corrected chi connectivity index (χ4v) is 1.35. The van der Waals surface area contributed by atoms with Gasteiger partial charge in [0, 0.05) is 18.8 Å². The van der Waals surface area contributed by atoms with Crippen molar-refractivity contribution < 1.29 is 0 Å². The van der Waals surface area contributed by atoms with Gasteiger partial charge in [-0.3, -0.25) is 0 Å². The van der Waals surface area contributed by atoms with Crippen LogP contribution in [0.2, 0.25) is 0 Å². The highest BCUT2D eigenvalue weighted by Gasteiger charge is 2.08. The maximum Gasteiger partial charge on any atom is 0.243 e. The van der Waals surface area contributed by atoms with Crippen molar-refractivity contribution in [3.63, 3.8) is 0 Å². The third-order valence-electron chi connectivity index (χ3n) is 2.59. The summed E-state index contributed by atoms with van der Waals surface area (Å²) in [5, 5.41) is 7.43. The molecule has 2 heterocycles. The van der Waals surface area contributed by atoms with Crippen LogP contribution in [-0.4, -0.2) is 27.2 Å². The molecule has 0 amide bonds. The molecule has 0 aliphatic carbocycles. The summed E-state index contributed by atoms with van der Waals surface area (Å²) in [6, 6.07) is 5.89. The van der Waals surface area contributed by atoms with Crippen LogP contribution in [0.1, 0.15) is 13.8 Å². The second-order valence-corrected chi connectivity index (χ2v) is 4.23. The fraction of sp³-hybridized carbons (Fsp3) is 0.455. The first-order valence-electron chi connectivity index (χ1n) is 5.47. The molecule has 3 N–H and O–H groups in total. The molecule has 16 heavy (non-hydrogen) atoms. The van der Waals surface area contributed by atoms with Crippen molar-refractivity contribution in [3.05, 3.63) is 24.4 Å². The number of hydrogen-bond donors (Lipinski definition) is 2. The van der Waals surface area contributed by atoms with Gasteiger partial charge in [-0.15, -0.1) is 5.10 Å². The standard InChI is InChI=1S/C11H17N5/c1-8(2)9(12)7-13-11-14-10-5-3-4-6-16(10)15-11/h3-6,8-9H,7,12H2,1-2H3,(H,13,15). The average Bonchev–Trinajstić information content (AvgIpc) is 2.68. The lowest BCUT2D eigenvalue weighted by Crippen LogP contribution is -2.34. The monoisotopic (exact) mass is 219 g/mol. The topological polar surface area (TPSA) is 68.2 Å². The lowest BCUT2D eigenvalue weighted by molar-refractivity contribution is 0.510. The molecule has 86 valence electrons. The third-order valence-corrected chi connectivity index (χ3v) is 2.59. The minimum atomic E-state index is 0.117. The minimum absolute atomic E-state index is 0.117. The Labute approximate surface area is 94.7 Å². The third kappa shape index (κ3) is 2.30. The molecular weight excluding hydrogens is 202 g/mol. The van der Waals surface area contributed by atoms with E-state index in [2.05, 4.69) is 29.2 Å². The van der Waals surface area contributed by atoms with Gasteiger partial charge in [0.2, 0.25) is 5.95 Å². The Morgan fingerprint density at radius 3 is 2.94 bits per heavy atom. The molecule has 2 rings (SSSR count). The zero-order valence-electron chi connectivity index (χ0n) is 9.59. The van der Waals surface area contributed by atoms with Crippen LogP contribution in [0, 0.1) is 5.92 Å². The molecule has 0 fully saturated rings. The van der Waals surface area contributed by atoms with E-state index in [-0.39, 0.29) is 6.04 Å². The van der Waals surface area contributed by atoms with E-state index < -0.39 is 0 Å². The number of hydrogen-bond acceptors (Lipinski definition) is 4. The maximum absolute atomic E-state index is 5.93. The van der Waals surface area contributed by atoms with Gasteiger partial charge < -0.3 is 11.1 Å². The second kappa shape index (κ2) is 4.49. The molecule has 2 aromatic heterocycles. The Balaban J connectivity index is 2.05. The Kier molecular flexibility index (Phi) is 3.05. The molecule has 2 aromatic rings. The normalized spacial score (nSPS) is 13.2. The largest absolute Gasteiger partial charge is 0.351 e. The highest BCUT2D eigenvalue weighted by Crippen LogP contribution is 2.05. The van der Waals surface area contributed by atoms with Crippen LogP contribution in [0.4, 0.5) is 5.95 Å². The average molecular weight is 219 g/mol. The van der Waals surface area contributed by atoms with Crippen LogP contribution >= 0.6 is 0 Å². The first kappa shape index (κ1) is 10.9. The maximum atomic E-state index is 5.93. The number of nitrogens with zero attached hydrogens (tertiary/aromatic N) is 3. The van der Waals surface area contributed by atoms with Gasteiger partial charge >= 0.3 is 0 Å².